The van der Waals surface area contributed by atoms with Crippen molar-refractivity contribution >= 4 is 21.5 Å². The maximum absolute atomic E-state index is 12.5. The maximum atomic E-state index is 12.5. The Kier molecular flexibility index (Phi) is 5.97. The molecular weight excluding hydrogens is 432 g/mol. The molecule has 0 radical (unpaired) electrons. The van der Waals surface area contributed by atoms with Crippen LogP contribution < -0.4 is 22.2 Å². The van der Waals surface area contributed by atoms with Crippen molar-refractivity contribution in [2.75, 3.05) is 13.2 Å². The Balaban J connectivity index is 1.98. The molecule has 0 aliphatic heterocycles. The highest BCUT2D eigenvalue weighted by Crippen LogP contribution is 2.14. The van der Waals surface area contributed by atoms with Crippen molar-refractivity contribution in [2.24, 2.45) is 0 Å². The minimum absolute atomic E-state index is 0.0921. The van der Waals surface area contributed by atoms with Crippen LogP contribution in [0.2, 0.25) is 0 Å². The lowest BCUT2D eigenvalue weighted by atomic mass is 10.1. The number of fused-ring (bicyclic) bond motifs is 2. The Morgan fingerprint density at radius 1 is 0.656 bits per heavy atom. The predicted molar refractivity (Wildman–Crippen MR) is 106 cm³/mol. The second-order valence-electron chi connectivity index (χ2n) is 6.04. The first-order chi connectivity index (χ1) is 15.2. The lowest BCUT2D eigenvalue weighted by molar-refractivity contribution is -0.754. The highest BCUT2D eigenvalue weighted by molar-refractivity contribution is 5.97. The molecular formula is C18H10N4O10. The average Bonchev–Trinajstić information content (AvgIpc) is 3.11. The van der Waals surface area contributed by atoms with Crippen LogP contribution in [0.25, 0.3) is 21.5 Å². The molecule has 32 heavy (non-hydrogen) atoms. The van der Waals surface area contributed by atoms with E-state index >= 15 is 0 Å². The van der Waals surface area contributed by atoms with E-state index in [0.29, 0.717) is 0 Å². The monoisotopic (exact) mass is 442 g/mol. The minimum Gasteiger partial charge on any atom is -0.301 e. The van der Waals surface area contributed by atoms with Crippen molar-refractivity contribution in [3.63, 3.8) is 0 Å². The van der Waals surface area contributed by atoms with E-state index in [9.17, 15) is 39.4 Å². The van der Waals surface area contributed by atoms with Crippen molar-refractivity contribution in [3.05, 3.63) is 73.8 Å². The molecule has 3 aromatic rings. The molecule has 0 spiro atoms. The van der Waals surface area contributed by atoms with Crippen LogP contribution in [0.3, 0.4) is 0 Å². The molecule has 14 heteroatoms. The van der Waals surface area contributed by atoms with Crippen LogP contribution in [-0.2, 0) is 22.8 Å². The number of hydrogen-bond acceptors (Lipinski definition) is 10. The number of benzene rings is 1. The van der Waals surface area contributed by atoms with Gasteiger partial charge in [0.2, 0.25) is 0 Å². The van der Waals surface area contributed by atoms with Crippen LogP contribution in [0.5, 0.6) is 0 Å². The molecule has 3 rings (SSSR count). The summed E-state index contributed by atoms with van der Waals surface area (Å²) in [6.07, 6.45) is 0. The SMILES string of the molecule is O=c1c2cc3c(=O)n(CC#CCO[N+](=O)[O-])c(=O)c3cc2c(=O)n1CC#CCO[N+](=O)[O-]. The smallest absolute Gasteiger partial charge is 0.295 e. The molecule has 0 aliphatic carbocycles. The zero-order valence-corrected chi connectivity index (χ0v) is 15.9. The molecule has 1 aromatic carbocycles. The topological polar surface area (TPSA) is 183 Å². The molecule has 0 saturated carbocycles. The molecule has 0 bridgehead atoms. The van der Waals surface area contributed by atoms with Gasteiger partial charge in [-0.05, 0) is 12.1 Å². The van der Waals surface area contributed by atoms with E-state index in [2.05, 4.69) is 33.4 Å². The Hall–Kier alpha value is -4.98. The molecule has 0 aliphatic rings. The van der Waals surface area contributed by atoms with Crippen LogP contribution in [0.4, 0.5) is 0 Å². The summed E-state index contributed by atoms with van der Waals surface area (Å²) >= 11 is 0. The molecule has 0 unspecified atom stereocenters. The van der Waals surface area contributed by atoms with E-state index in [4.69, 9.17) is 0 Å². The van der Waals surface area contributed by atoms with Crippen molar-refractivity contribution in [1.29, 1.82) is 0 Å². The first kappa shape index (κ1) is 21.7. The third-order valence-corrected chi connectivity index (χ3v) is 4.27. The van der Waals surface area contributed by atoms with Gasteiger partial charge < -0.3 is 9.68 Å². The Morgan fingerprint density at radius 2 is 0.969 bits per heavy atom. The van der Waals surface area contributed by atoms with E-state index in [1.807, 2.05) is 0 Å². The zero-order valence-electron chi connectivity index (χ0n) is 15.9. The number of aromatic nitrogens is 2. The number of hydrogen-bond donors (Lipinski definition) is 0. The third-order valence-electron chi connectivity index (χ3n) is 4.27. The summed E-state index contributed by atoms with van der Waals surface area (Å²) in [5.41, 5.74) is -2.97. The summed E-state index contributed by atoms with van der Waals surface area (Å²) in [5, 5.41) is 17.7. The summed E-state index contributed by atoms with van der Waals surface area (Å²) in [4.78, 5) is 78.3. The fourth-order valence-electron chi connectivity index (χ4n) is 2.90. The van der Waals surface area contributed by atoms with E-state index in [-0.39, 0.29) is 34.6 Å². The van der Waals surface area contributed by atoms with E-state index < -0.39 is 45.6 Å². The van der Waals surface area contributed by atoms with Crippen molar-refractivity contribution in [2.45, 2.75) is 13.1 Å². The van der Waals surface area contributed by atoms with Crippen LogP contribution >= 0.6 is 0 Å². The third kappa shape index (κ3) is 4.14. The van der Waals surface area contributed by atoms with E-state index in [0.717, 1.165) is 21.3 Å². The standard InChI is InChI=1S/C18H10N4O10/c23-15-11-9-13-14(18(26)20(17(13)25)6-2-4-8-32-22(29)30)10-12(11)16(24)19(15)5-1-3-7-31-21(27)28/h9-10H,5-8H2. The normalized spacial score (nSPS) is 10.2. The van der Waals surface area contributed by atoms with Crippen molar-refractivity contribution in [3.8, 4) is 23.7 Å². The van der Waals surface area contributed by atoms with Crippen LogP contribution in [0.15, 0.2) is 31.3 Å². The first-order valence-electron chi connectivity index (χ1n) is 8.59. The van der Waals surface area contributed by atoms with Gasteiger partial charge in [0.05, 0.1) is 34.6 Å². The number of rotatable bonds is 6. The van der Waals surface area contributed by atoms with Gasteiger partial charge >= 0.3 is 0 Å². The quantitative estimate of drug-likeness (QED) is 0.243. The molecule has 0 saturated heterocycles. The summed E-state index contributed by atoms with van der Waals surface area (Å²) in [7, 11) is 0. The molecule has 0 N–H and O–H groups in total. The summed E-state index contributed by atoms with van der Waals surface area (Å²) in [5.74, 6) is 9.35. The van der Waals surface area contributed by atoms with Gasteiger partial charge in [-0.2, -0.15) is 0 Å². The van der Waals surface area contributed by atoms with Gasteiger partial charge in [-0.15, -0.1) is 20.2 Å². The molecule has 0 atom stereocenters. The molecule has 162 valence electrons. The fourth-order valence-corrected chi connectivity index (χ4v) is 2.90. The Morgan fingerprint density at radius 3 is 1.25 bits per heavy atom. The van der Waals surface area contributed by atoms with Gasteiger partial charge in [0.15, 0.2) is 13.2 Å². The zero-order chi connectivity index (χ0) is 23.4. The average molecular weight is 442 g/mol. The predicted octanol–water partition coefficient (Wildman–Crippen LogP) is -1.66. The van der Waals surface area contributed by atoms with Gasteiger partial charge in [0.1, 0.15) is 0 Å². The first-order valence-corrected chi connectivity index (χ1v) is 8.59. The van der Waals surface area contributed by atoms with Gasteiger partial charge in [0, 0.05) is 0 Å². The maximum Gasteiger partial charge on any atom is 0.295 e. The largest absolute Gasteiger partial charge is 0.301 e. The van der Waals surface area contributed by atoms with Crippen molar-refractivity contribution in [1.82, 2.24) is 9.13 Å². The van der Waals surface area contributed by atoms with Gasteiger partial charge in [-0.25, -0.2) is 0 Å². The highest BCUT2D eigenvalue weighted by Gasteiger charge is 2.18. The van der Waals surface area contributed by atoms with Crippen LogP contribution in [-0.4, -0.2) is 32.5 Å². The van der Waals surface area contributed by atoms with E-state index in [1.165, 1.54) is 0 Å². The van der Waals surface area contributed by atoms with E-state index in [1.54, 1.807) is 0 Å². The Bertz CT molecular complexity index is 1390. The Labute approximate surface area is 175 Å². The summed E-state index contributed by atoms with van der Waals surface area (Å²) in [6, 6.07) is 2.27. The lowest BCUT2D eigenvalue weighted by Gasteiger charge is -1.91. The second kappa shape index (κ2) is 8.80. The summed E-state index contributed by atoms with van der Waals surface area (Å²) < 4.78 is 1.54. The molecule has 0 fully saturated rings. The molecule has 2 heterocycles. The van der Waals surface area contributed by atoms with Crippen LogP contribution in [0, 0.1) is 43.9 Å². The lowest BCUT2D eigenvalue weighted by Crippen LogP contribution is -2.25. The van der Waals surface area contributed by atoms with Gasteiger partial charge in [-0.1, -0.05) is 23.7 Å². The van der Waals surface area contributed by atoms with Gasteiger partial charge in [-0.3, -0.25) is 28.3 Å². The second-order valence-corrected chi connectivity index (χ2v) is 6.04. The molecule has 2 aromatic heterocycles. The molecule has 0 amide bonds. The summed E-state index contributed by atoms with van der Waals surface area (Å²) in [6.45, 7) is -1.81. The van der Waals surface area contributed by atoms with Crippen LogP contribution in [0.1, 0.15) is 0 Å². The highest BCUT2D eigenvalue weighted by atomic mass is 17.0. The minimum atomic E-state index is -1.04. The van der Waals surface area contributed by atoms with Gasteiger partial charge in [0.25, 0.3) is 32.4 Å². The van der Waals surface area contributed by atoms with Crippen molar-refractivity contribution < 1.29 is 19.8 Å². The number of nitrogens with zero attached hydrogens (tertiary/aromatic N) is 4. The molecule has 14 nitrogen and oxygen atoms in total. The fraction of sp³-hybridized carbons (Fsp3) is 0.222.